The molecular weight excluding hydrogens is 309 g/mol. The number of amides is 1. The molecule has 0 aliphatic carbocycles. The van der Waals surface area contributed by atoms with Gasteiger partial charge in [-0.05, 0) is 36.8 Å². The molecular formula is C15H15Cl2N3O. The molecule has 1 unspecified atom stereocenters. The van der Waals surface area contributed by atoms with E-state index in [4.69, 9.17) is 28.9 Å². The molecule has 4 nitrogen and oxygen atoms in total. The summed E-state index contributed by atoms with van der Waals surface area (Å²) in [6, 6.07) is 8.58. The second kappa shape index (κ2) is 6.78. The Hall–Kier alpha value is -1.78. The quantitative estimate of drug-likeness (QED) is 0.906. The van der Waals surface area contributed by atoms with Gasteiger partial charge in [0.2, 0.25) is 5.91 Å². The van der Waals surface area contributed by atoms with Crippen LogP contribution in [0.25, 0.3) is 0 Å². The number of hydrogen-bond donors (Lipinski definition) is 2. The number of anilines is 1. The summed E-state index contributed by atoms with van der Waals surface area (Å²) in [6.07, 6.45) is 1.73. The van der Waals surface area contributed by atoms with Crippen molar-refractivity contribution in [2.75, 3.05) is 5.73 Å². The Balaban J connectivity index is 1.98. The number of halogens is 2. The highest BCUT2D eigenvalue weighted by molar-refractivity contribution is 6.42. The van der Waals surface area contributed by atoms with Gasteiger partial charge in [-0.25, -0.2) is 0 Å². The third kappa shape index (κ3) is 4.34. The van der Waals surface area contributed by atoms with Crippen molar-refractivity contribution < 1.29 is 4.79 Å². The van der Waals surface area contributed by atoms with Crippen LogP contribution in [-0.4, -0.2) is 10.9 Å². The molecule has 0 fully saturated rings. The lowest BCUT2D eigenvalue weighted by Gasteiger charge is -2.15. The molecule has 0 bridgehead atoms. The van der Waals surface area contributed by atoms with Gasteiger partial charge in [0.1, 0.15) is 0 Å². The summed E-state index contributed by atoms with van der Waals surface area (Å²) in [4.78, 5) is 16.1. The first-order valence-electron chi connectivity index (χ1n) is 6.40. The van der Waals surface area contributed by atoms with E-state index in [9.17, 15) is 4.79 Å². The normalized spacial score (nSPS) is 12.0. The molecule has 2 aromatic rings. The molecule has 1 aromatic carbocycles. The largest absolute Gasteiger partial charge is 0.397 e. The molecule has 6 heteroatoms. The van der Waals surface area contributed by atoms with Crippen molar-refractivity contribution in [3.63, 3.8) is 0 Å². The number of hydrogen-bond acceptors (Lipinski definition) is 3. The molecule has 21 heavy (non-hydrogen) atoms. The lowest BCUT2D eigenvalue weighted by molar-refractivity contribution is -0.121. The van der Waals surface area contributed by atoms with Crippen molar-refractivity contribution in [1.29, 1.82) is 0 Å². The van der Waals surface area contributed by atoms with Gasteiger partial charge >= 0.3 is 0 Å². The van der Waals surface area contributed by atoms with E-state index in [1.54, 1.807) is 24.3 Å². The minimum Gasteiger partial charge on any atom is -0.397 e. The molecule has 110 valence electrons. The third-order valence-electron chi connectivity index (χ3n) is 3.01. The van der Waals surface area contributed by atoms with Gasteiger partial charge in [0.15, 0.2) is 0 Å². The van der Waals surface area contributed by atoms with Crippen molar-refractivity contribution in [2.24, 2.45) is 0 Å². The van der Waals surface area contributed by atoms with E-state index in [0.717, 1.165) is 5.56 Å². The van der Waals surface area contributed by atoms with Gasteiger partial charge in [-0.2, -0.15) is 0 Å². The Labute approximate surface area is 133 Å². The molecule has 1 aromatic heterocycles. The van der Waals surface area contributed by atoms with Crippen molar-refractivity contribution in [1.82, 2.24) is 10.3 Å². The van der Waals surface area contributed by atoms with E-state index in [1.807, 2.05) is 13.0 Å². The van der Waals surface area contributed by atoms with Crippen LogP contribution in [-0.2, 0) is 11.2 Å². The Morgan fingerprint density at radius 3 is 2.67 bits per heavy atom. The summed E-state index contributed by atoms with van der Waals surface area (Å²) in [5.74, 6) is -0.120. The highest BCUT2D eigenvalue weighted by Crippen LogP contribution is 2.25. The van der Waals surface area contributed by atoms with E-state index in [2.05, 4.69) is 10.3 Å². The fraction of sp³-hybridized carbons (Fsp3) is 0.200. The number of aromatic nitrogens is 1. The summed E-state index contributed by atoms with van der Waals surface area (Å²) in [6.45, 7) is 1.88. The predicted molar refractivity (Wildman–Crippen MR) is 85.4 cm³/mol. The molecule has 0 saturated heterocycles. The smallest absolute Gasteiger partial charge is 0.226 e. The highest BCUT2D eigenvalue weighted by Gasteiger charge is 2.12. The molecule has 3 N–H and O–H groups in total. The Kier molecular flexibility index (Phi) is 5.04. The summed E-state index contributed by atoms with van der Waals surface area (Å²) >= 11 is 11.8. The van der Waals surface area contributed by atoms with E-state index in [0.29, 0.717) is 21.4 Å². The number of rotatable bonds is 4. The average molecular weight is 324 g/mol. The number of nitrogens with one attached hydrogen (secondary N) is 1. The van der Waals surface area contributed by atoms with Crippen LogP contribution in [0.1, 0.15) is 24.2 Å². The van der Waals surface area contributed by atoms with E-state index in [-0.39, 0.29) is 18.4 Å². The van der Waals surface area contributed by atoms with Crippen LogP contribution in [0.15, 0.2) is 36.5 Å². The van der Waals surface area contributed by atoms with Gasteiger partial charge in [-0.3, -0.25) is 9.78 Å². The molecule has 0 aliphatic rings. The molecule has 0 radical (unpaired) electrons. The summed E-state index contributed by atoms with van der Waals surface area (Å²) in [7, 11) is 0. The summed E-state index contributed by atoms with van der Waals surface area (Å²) in [5, 5.41) is 3.85. The topological polar surface area (TPSA) is 68.0 Å². The number of nitrogens with zero attached hydrogens (tertiary/aromatic N) is 1. The SMILES string of the molecule is CC(NC(=O)Cc1ccc(N)cn1)c1ccc(Cl)c(Cl)c1. The zero-order valence-electron chi connectivity index (χ0n) is 11.4. The van der Waals surface area contributed by atoms with Crippen molar-refractivity contribution >= 4 is 34.8 Å². The monoisotopic (exact) mass is 323 g/mol. The fourth-order valence-electron chi connectivity index (χ4n) is 1.86. The van der Waals surface area contributed by atoms with Gasteiger partial charge in [-0.1, -0.05) is 29.3 Å². The molecule has 0 saturated carbocycles. The van der Waals surface area contributed by atoms with Crippen LogP contribution in [0.2, 0.25) is 10.0 Å². The number of benzene rings is 1. The Morgan fingerprint density at radius 2 is 2.05 bits per heavy atom. The van der Waals surface area contributed by atoms with Crippen LogP contribution in [0.5, 0.6) is 0 Å². The van der Waals surface area contributed by atoms with Gasteiger partial charge in [-0.15, -0.1) is 0 Å². The van der Waals surface area contributed by atoms with Crippen LogP contribution in [0, 0.1) is 0 Å². The van der Waals surface area contributed by atoms with Crippen LogP contribution < -0.4 is 11.1 Å². The average Bonchev–Trinajstić information content (AvgIpc) is 2.44. The maximum Gasteiger partial charge on any atom is 0.226 e. The first-order valence-corrected chi connectivity index (χ1v) is 7.16. The van der Waals surface area contributed by atoms with E-state index in [1.165, 1.54) is 6.20 Å². The standard InChI is InChI=1S/C15H15Cl2N3O/c1-9(10-2-5-13(16)14(17)6-10)20-15(21)7-12-4-3-11(18)8-19-12/h2-6,8-9H,7,18H2,1H3,(H,20,21). The van der Waals surface area contributed by atoms with Gasteiger partial charge < -0.3 is 11.1 Å². The van der Waals surface area contributed by atoms with Crippen molar-refractivity contribution in [3.05, 3.63) is 57.8 Å². The minimum absolute atomic E-state index is 0.120. The first kappa shape index (κ1) is 15.6. The number of nitrogen functional groups attached to an aromatic ring is 1. The zero-order valence-corrected chi connectivity index (χ0v) is 12.9. The number of carbonyl (C=O) groups is 1. The van der Waals surface area contributed by atoms with E-state index >= 15 is 0 Å². The summed E-state index contributed by atoms with van der Waals surface area (Å²) in [5.41, 5.74) is 7.69. The molecule has 1 atom stereocenters. The van der Waals surface area contributed by atoms with Crippen LogP contribution in [0.3, 0.4) is 0 Å². The lowest BCUT2D eigenvalue weighted by Crippen LogP contribution is -2.28. The third-order valence-corrected chi connectivity index (χ3v) is 3.75. The van der Waals surface area contributed by atoms with Gasteiger partial charge in [0, 0.05) is 5.69 Å². The number of carbonyl (C=O) groups excluding carboxylic acids is 1. The van der Waals surface area contributed by atoms with E-state index < -0.39 is 0 Å². The molecule has 0 aliphatic heterocycles. The maximum atomic E-state index is 12.0. The summed E-state index contributed by atoms with van der Waals surface area (Å²) < 4.78 is 0. The Bertz CT molecular complexity index is 644. The number of nitrogens with two attached hydrogens (primary N) is 1. The highest BCUT2D eigenvalue weighted by atomic mass is 35.5. The minimum atomic E-state index is -0.166. The Morgan fingerprint density at radius 1 is 1.29 bits per heavy atom. The second-order valence-electron chi connectivity index (χ2n) is 4.72. The zero-order chi connectivity index (χ0) is 15.4. The van der Waals surface area contributed by atoms with Gasteiger partial charge in [0.25, 0.3) is 0 Å². The maximum absolute atomic E-state index is 12.0. The predicted octanol–water partition coefficient (Wildman–Crippen LogP) is 3.39. The van der Waals surface area contributed by atoms with Crippen molar-refractivity contribution in [2.45, 2.75) is 19.4 Å². The lowest BCUT2D eigenvalue weighted by atomic mass is 10.1. The van der Waals surface area contributed by atoms with Crippen LogP contribution in [0.4, 0.5) is 5.69 Å². The van der Waals surface area contributed by atoms with Crippen molar-refractivity contribution in [3.8, 4) is 0 Å². The van der Waals surface area contributed by atoms with Crippen LogP contribution >= 0.6 is 23.2 Å². The first-order chi connectivity index (χ1) is 9.95. The molecule has 1 heterocycles. The second-order valence-corrected chi connectivity index (χ2v) is 5.54. The molecule has 0 spiro atoms. The van der Waals surface area contributed by atoms with Gasteiger partial charge in [0.05, 0.1) is 34.4 Å². The fourth-order valence-corrected chi connectivity index (χ4v) is 2.17. The number of pyridine rings is 1. The molecule has 1 amide bonds. The molecule has 2 rings (SSSR count).